The lowest BCUT2D eigenvalue weighted by Gasteiger charge is -2.34. The molecule has 1 aromatic heterocycles. The van der Waals surface area contributed by atoms with Gasteiger partial charge in [-0.25, -0.2) is 9.89 Å². The van der Waals surface area contributed by atoms with Crippen molar-refractivity contribution in [3.63, 3.8) is 0 Å². The number of nitrogens with one attached hydrogen (secondary N) is 2. The highest BCUT2D eigenvalue weighted by Crippen LogP contribution is 2.16. The Bertz CT molecular complexity index is 949. The van der Waals surface area contributed by atoms with Gasteiger partial charge in [-0.2, -0.15) is 0 Å². The van der Waals surface area contributed by atoms with Crippen molar-refractivity contribution >= 4 is 29.3 Å². The number of amides is 2. The zero-order chi connectivity index (χ0) is 22.2. The van der Waals surface area contributed by atoms with E-state index in [1.54, 1.807) is 4.57 Å². The molecule has 0 unspecified atom stereocenters. The molecule has 2 N–H and O–H groups in total. The van der Waals surface area contributed by atoms with Crippen LogP contribution in [-0.2, 0) is 22.6 Å². The Labute approximate surface area is 186 Å². The van der Waals surface area contributed by atoms with Crippen LogP contribution in [0.15, 0.2) is 34.2 Å². The van der Waals surface area contributed by atoms with Gasteiger partial charge in [-0.05, 0) is 24.5 Å². The SMILES string of the molecule is CCCn1c(SCC(=O)N2CCN(CC(=O)Nc3ccccc3CC)CC2)n[nH]c1=O. The molecule has 1 aliphatic heterocycles. The zero-order valence-corrected chi connectivity index (χ0v) is 18.9. The summed E-state index contributed by atoms with van der Waals surface area (Å²) in [6.07, 6.45) is 1.68. The van der Waals surface area contributed by atoms with Gasteiger partial charge in [0.1, 0.15) is 0 Å². The lowest BCUT2D eigenvalue weighted by Crippen LogP contribution is -2.50. The highest BCUT2D eigenvalue weighted by molar-refractivity contribution is 7.99. The van der Waals surface area contributed by atoms with Crippen LogP contribution in [0.4, 0.5) is 5.69 Å². The number of hydrogen-bond acceptors (Lipinski definition) is 6. The lowest BCUT2D eigenvalue weighted by atomic mass is 10.1. The van der Waals surface area contributed by atoms with Crippen LogP contribution in [0.25, 0.3) is 0 Å². The Balaban J connectivity index is 1.43. The number of carbonyl (C=O) groups excluding carboxylic acids is 2. The normalized spacial score (nSPS) is 14.6. The van der Waals surface area contributed by atoms with Gasteiger partial charge in [0.2, 0.25) is 11.8 Å². The van der Waals surface area contributed by atoms with Gasteiger partial charge in [-0.15, -0.1) is 5.10 Å². The molecule has 10 heteroatoms. The number of benzene rings is 1. The van der Waals surface area contributed by atoms with Crippen molar-refractivity contribution in [1.29, 1.82) is 0 Å². The van der Waals surface area contributed by atoms with Crippen molar-refractivity contribution in [2.24, 2.45) is 0 Å². The summed E-state index contributed by atoms with van der Waals surface area (Å²) in [6, 6.07) is 7.83. The fourth-order valence-electron chi connectivity index (χ4n) is 3.55. The predicted molar refractivity (Wildman–Crippen MR) is 121 cm³/mol. The molecule has 168 valence electrons. The third kappa shape index (κ3) is 6.20. The van der Waals surface area contributed by atoms with E-state index in [1.165, 1.54) is 11.8 Å². The summed E-state index contributed by atoms with van der Waals surface area (Å²) >= 11 is 1.28. The van der Waals surface area contributed by atoms with Crippen LogP contribution in [0, 0.1) is 0 Å². The summed E-state index contributed by atoms with van der Waals surface area (Å²) in [5.41, 5.74) is 1.73. The van der Waals surface area contributed by atoms with E-state index in [1.807, 2.05) is 36.1 Å². The first-order valence-electron chi connectivity index (χ1n) is 10.7. The van der Waals surface area contributed by atoms with E-state index in [4.69, 9.17) is 0 Å². The molecule has 1 aliphatic rings. The summed E-state index contributed by atoms with van der Waals surface area (Å²) in [6.45, 7) is 7.42. The van der Waals surface area contributed by atoms with E-state index >= 15 is 0 Å². The van der Waals surface area contributed by atoms with Crippen LogP contribution in [-0.4, -0.2) is 74.9 Å². The summed E-state index contributed by atoms with van der Waals surface area (Å²) in [4.78, 5) is 40.6. The number of aryl methyl sites for hydroxylation is 1. The minimum absolute atomic E-state index is 0.0180. The van der Waals surface area contributed by atoms with Crippen LogP contribution in [0.2, 0.25) is 0 Å². The molecule has 1 aromatic carbocycles. The van der Waals surface area contributed by atoms with Crippen LogP contribution in [0.5, 0.6) is 0 Å². The van der Waals surface area contributed by atoms with Crippen molar-refractivity contribution in [2.75, 3.05) is 43.8 Å². The van der Waals surface area contributed by atoms with Crippen molar-refractivity contribution < 1.29 is 9.59 Å². The molecule has 0 bridgehead atoms. The lowest BCUT2D eigenvalue weighted by molar-refractivity contribution is -0.130. The Morgan fingerprint density at radius 2 is 1.90 bits per heavy atom. The van der Waals surface area contributed by atoms with Crippen molar-refractivity contribution in [3.05, 3.63) is 40.3 Å². The largest absolute Gasteiger partial charge is 0.343 e. The maximum Gasteiger partial charge on any atom is 0.343 e. The molecule has 0 atom stereocenters. The molecule has 2 amide bonds. The minimum Gasteiger partial charge on any atom is -0.339 e. The molecule has 0 spiro atoms. The van der Waals surface area contributed by atoms with Crippen molar-refractivity contribution in [1.82, 2.24) is 24.6 Å². The van der Waals surface area contributed by atoms with E-state index < -0.39 is 0 Å². The van der Waals surface area contributed by atoms with Gasteiger partial charge in [0, 0.05) is 38.4 Å². The molecule has 31 heavy (non-hydrogen) atoms. The number of carbonyl (C=O) groups is 2. The quantitative estimate of drug-likeness (QED) is 0.565. The van der Waals surface area contributed by atoms with Crippen molar-refractivity contribution in [3.8, 4) is 0 Å². The number of thioether (sulfide) groups is 1. The standard InChI is InChI=1S/C21H30N6O3S/c1-3-9-27-20(30)23-24-21(27)31-15-19(29)26-12-10-25(11-13-26)14-18(28)22-17-8-6-5-7-16(17)4-2/h5-8H,3-4,9-15H2,1-2H3,(H,22,28)(H,23,30). The average Bonchev–Trinajstić information content (AvgIpc) is 3.12. The third-order valence-electron chi connectivity index (χ3n) is 5.26. The maximum atomic E-state index is 12.6. The van der Waals surface area contributed by atoms with Crippen molar-refractivity contribution in [2.45, 2.75) is 38.4 Å². The monoisotopic (exact) mass is 446 g/mol. The van der Waals surface area contributed by atoms with Gasteiger partial charge in [-0.1, -0.05) is 43.8 Å². The number of aromatic nitrogens is 3. The highest BCUT2D eigenvalue weighted by Gasteiger charge is 2.23. The molecule has 2 aromatic rings. The maximum absolute atomic E-state index is 12.6. The summed E-state index contributed by atoms with van der Waals surface area (Å²) < 4.78 is 1.56. The van der Waals surface area contributed by atoms with Crippen LogP contribution in [0.3, 0.4) is 0 Å². The number of aromatic amines is 1. The number of H-pyrrole nitrogens is 1. The van der Waals surface area contributed by atoms with Crippen LogP contribution < -0.4 is 11.0 Å². The Morgan fingerprint density at radius 1 is 1.16 bits per heavy atom. The topological polar surface area (TPSA) is 103 Å². The first-order valence-corrected chi connectivity index (χ1v) is 11.7. The number of anilines is 1. The average molecular weight is 447 g/mol. The second-order valence-corrected chi connectivity index (χ2v) is 8.41. The number of para-hydroxylation sites is 1. The van der Waals surface area contributed by atoms with Gasteiger partial charge in [0.25, 0.3) is 0 Å². The van der Waals surface area contributed by atoms with E-state index in [0.29, 0.717) is 44.4 Å². The summed E-state index contributed by atoms with van der Waals surface area (Å²) in [7, 11) is 0. The number of rotatable bonds is 9. The second kappa shape index (κ2) is 11.1. The minimum atomic E-state index is -0.245. The molecular formula is C21H30N6O3S. The third-order valence-corrected chi connectivity index (χ3v) is 6.22. The summed E-state index contributed by atoms with van der Waals surface area (Å²) in [5, 5.41) is 9.99. The predicted octanol–water partition coefficient (Wildman–Crippen LogP) is 1.42. The molecule has 1 fully saturated rings. The van der Waals surface area contributed by atoms with Gasteiger partial charge < -0.3 is 10.2 Å². The molecule has 2 heterocycles. The fourth-order valence-corrected chi connectivity index (χ4v) is 4.43. The first-order chi connectivity index (χ1) is 15.0. The first kappa shape index (κ1) is 23.1. The van der Waals surface area contributed by atoms with E-state index in [0.717, 1.165) is 24.1 Å². The van der Waals surface area contributed by atoms with E-state index in [9.17, 15) is 14.4 Å². The number of nitrogens with zero attached hydrogens (tertiary/aromatic N) is 4. The van der Waals surface area contributed by atoms with Crippen LogP contribution in [0.1, 0.15) is 25.8 Å². The second-order valence-electron chi connectivity index (χ2n) is 7.47. The molecule has 1 saturated heterocycles. The smallest absolute Gasteiger partial charge is 0.339 e. The highest BCUT2D eigenvalue weighted by atomic mass is 32.2. The van der Waals surface area contributed by atoms with Crippen LogP contribution >= 0.6 is 11.8 Å². The Hall–Kier alpha value is -2.59. The molecule has 3 rings (SSSR count). The van der Waals surface area contributed by atoms with Gasteiger partial charge in [0.05, 0.1) is 12.3 Å². The number of piperazine rings is 1. The molecule has 0 saturated carbocycles. The van der Waals surface area contributed by atoms with E-state index in [2.05, 4.69) is 27.3 Å². The van der Waals surface area contributed by atoms with Gasteiger partial charge in [-0.3, -0.25) is 19.1 Å². The Kier molecular flexibility index (Phi) is 8.30. The molecule has 0 aliphatic carbocycles. The summed E-state index contributed by atoms with van der Waals surface area (Å²) in [5.74, 6) is 0.218. The molecular weight excluding hydrogens is 416 g/mol. The zero-order valence-electron chi connectivity index (χ0n) is 18.1. The molecule has 9 nitrogen and oxygen atoms in total. The Morgan fingerprint density at radius 3 is 2.61 bits per heavy atom. The fraction of sp³-hybridized carbons (Fsp3) is 0.524. The van der Waals surface area contributed by atoms with Gasteiger partial charge >= 0.3 is 5.69 Å². The van der Waals surface area contributed by atoms with E-state index in [-0.39, 0.29) is 23.3 Å². The number of hydrogen-bond donors (Lipinski definition) is 2. The van der Waals surface area contributed by atoms with Gasteiger partial charge in [0.15, 0.2) is 5.16 Å². The molecule has 0 radical (unpaired) electrons.